The van der Waals surface area contributed by atoms with Gasteiger partial charge in [0, 0.05) is 15.8 Å². The second-order valence-electron chi connectivity index (χ2n) is 10.2. The molecule has 3 N–H and O–H groups in total. The number of anilines is 3. The molecule has 0 aliphatic rings. The molecule has 40 heavy (non-hydrogen) atoms. The van der Waals surface area contributed by atoms with Crippen molar-refractivity contribution >= 4 is 60.3 Å². The van der Waals surface area contributed by atoms with Crippen LogP contribution in [0.2, 0.25) is 0 Å². The molecule has 4 rings (SSSR count). The summed E-state index contributed by atoms with van der Waals surface area (Å²) < 4.78 is 38.2. The number of benzene rings is 3. The molecule has 210 valence electrons. The normalized spacial score (nSPS) is 11.7. The van der Waals surface area contributed by atoms with Crippen LogP contribution in [0.3, 0.4) is 0 Å². The number of nitrogens with one attached hydrogen (secondary N) is 3. The first kappa shape index (κ1) is 28.9. The third kappa shape index (κ3) is 6.37. The summed E-state index contributed by atoms with van der Waals surface area (Å²) in [5.74, 6) is -0.0963. The highest BCUT2D eigenvalue weighted by Crippen LogP contribution is 2.40. The van der Waals surface area contributed by atoms with Crippen molar-refractivity contribution in [2.75, 3.05) is 35.8 Å². The van der Waals surface area contributed by atoms with Gasteiger partial charge in [0.2, 0.25) is 10.0 Å². The maximum Gasteiger partial charge on any atom is 0.265 e. The van der Waals surface area contributed by atoms with Crippen LogP contribution in [0.4, 0.5) is 17.1 Å². The van der Waals surface area contributed by atoms with E-state index in [1.54, 1.807) is 54.6 Å². The smallest absolute Gasteiger partial charge is 0.265 e. The molecule has 0 bridgehead atoms. The molecule has 4 aromatic rings. The minimum absolute atomic E-state index is 0.192. The number of rotatable bonds is 8. The molecular formula is C29H31N3O6S2. The van der Waals surface area contributed by atoms with Gasteiger partial charge in [-0.3, -0.25) is 14.3 Å². The number of thiophene rings is 1. The van der Waals surface area contributed by atoms with Gasteiger partial charge in [0.25, 0.3) is 11.8 Å². The number of carbonyl (C=O) groups excluding carboxylic acids is 2. The fraction of sp³-hybridized carbons (Fsp3) is 0.241. The Labute approximate surface area is 237 Å². The zero-order valence-corrected chi connectivity index (χ0v) is 24.7. The third-order valence-electron chi connectivity index (χ3n) is 6.09. The zero-order chi connectivity index (χ0) is 29.2. The van der Waals surface area contributed by atoms with Crippen LogP contribution in [-0.4, -0.2) is 40.7 Å². The maximum atomic E-state index is 13.4. The summed E-state index contributed by atoms with van der Waals surface area (Å²) in [6.07, 6.45) is 1.05. The molecule has 1 aromatic heterocycles. The highest BCUT2D eigenvalue weighted by atomic mass is 32.2. The predicted molar refractivity (Wildman–Crippen MR) is 161 cm³/mol. The monoisotopic (exact) mass is 581 g/mol. The number of methoxy groups -OCH3 is 2. The Morgan fingerprint density at radius 2 is 1.50 bits per heavy atom. The lowest BCUT2D eigenvalue weighted by Gasteiger charge is -2.23. The van der Waals surface area contributed by atoms with Gasteiger partial charge in [-0.1, -0.05) is 39.0 Å². The molecule has 0 aliphatic heterocycles. The molecule has 0 atom stereocenters. The predicted octanol–water partition coefficient (Wildman–Crippen LogP) is 6.09. The van der Waals surface area contributed by atoms with Crippen molar-refractivity contribution in [3.63, 3.8) is 0 Å². The summed E-state index contributed by atoms with van der Waals surface area (Å²) in [5.41, 5.74) is 1.95. The second-order valence-corrected chi connectivity index (χ2v) is 13.0. The molecule has 11 heteroatoms. The molecule has 0 spiro atoms. The van der Waals surface area contributed by atoms with E-state index < -0.39 is 15.9 Å². The van der Waals surface area contributed by atoms with Gasteiger partial charge in [-0.25, -0.2) is 8.42 Å². The van der Waals surface area contributed by atoms with Crippen LogP contribution in [0.15, 0.2) is 60.7 Å². The Hall–Kier alpha value is -4.09. The molecule has 0 saturated heterocycles. The van der Waals surface area contributed by atoms with Crippen LogP contribution < -0.4 is 24.8 Å². The molecule has 9 nitrogen and oxygen atoms in total. The lowest BCUT2D eigenvalue weighted by atomic mass is 9.86. The van der Waals surface area contributed by atoms with E-state index in [9.17, 15) is 18.0 Å². The van der Waals surface area contributed by atoms with E-state index in [4.69, 9.17) is 9.47 Å². The van der Waals surface area contributed by atoms with Crippen molar-refractivity contribution in [3.8, 4) is 11.5 Å². The van der Waals surface area contributed by atoms with Crippen molar-refractivity contribution in [1.82, 2.24) is 0 Å². The minimum Gasteiger partial charge on any atom is -0.496 e. The molecule has 1 heterocycles. The minimum atomic E-state index is -3.61. The fourth-order valence-corrected chi connectivity index (χ4v) is 5.67. The van der Waals surface area contributed by atoms with Gasteiger partial charge >= 0.3 is 0 Å². The SMILES string of the molecule is COc1ccccc1C(=O)Nc1cccc2sc(C(=O)Nc3cc(C(C)(C)C)cc(NS(C)(=O)=O)c3OC)cc12. The van der Waals surface area contributed by atoms with Crippen LogP contribution >= 0.6 is 11.3 Å². The van der Waals surface area contributed by atoms with Gasteiger partial charge < -0.3 is 20.1 Å². The topological polar surface area (TPSA) is 123 Å². The highest BCUT2D eigenvalue weighted by molar-refractivity contribution is 7.92. The van der Waals surface area contributed by atoms with E-state index in [1.807, 2.05) is 26.8 Å². The average molecular weight is 582 g/mol. The third-order valence-corrected chi connectivity index (χ3v) is 7.78. The first-order chi connectivity index (χ1) is 18.8. The Morgan fingerprint density at radius 1 is 0.825 bits per heavy atom. The quantitative estimate of drug-likeness (QED) is 0.231. The first-order valence-corrected chi connectivity index (χ1v) is 15.0. The van der Waals surface area contributed by atoms with Gasteiger partial charge in [0.05, 0.1) is 42.3 Å². The molecule has 0 aliphatic carbocycles. The van der Waals surface area contributed by atoms with Crippen LogP contribution in [0.5, 0.6) is 11.5 Å². The molecule has 0 radical (unpaired) electrons. The van der Waals surface area contributed by atoms with Crippen LogP contribution in [0, 0.1) is 0 Å². The van der Waals surface area contributed by atoms with Gasteiger partial charge in [-0.2, -0.15) is 0 Å². The molecule has 3 aromatic carbocycles. The summed E-state index contributed by atoms with van der Waals surface area (Å²) in [5, 5.41) is 6.51. The maximum absolute atomic E-state index is 13.4. The number of sulfonamides is 1. The van der Waals surface area contributed by atoms with E-state index in [2.05, 4.69) is 15.4 Å². The average Bonchev–Trinajstić information content (AvgIpc) is 3.33. The number of hydrogen-bond donors (Lipinski definition) is 3. The van der Waals surface area contributed by atoms with Crippen LogP contribution in [0.25, 0.3) is 10.1 Å². The summed E-state index contributed by atoms with van der Waals surface area (Å²) in [6.45, 7) is 5.95. The highest BCUT2D eigenvalue weighted by Gasteiger charge is 2.23. The van der Waals surface area contributed by atoms with E-state index >= 15 is 0 Å². The molecule has 0 saturated carbocycles. The lowest BCUT2D eigenvalue weighted by molar-refractivity contribution is 0.101. The summed E-state index contributed by atoms with van der Waals surface area (Å²) >= 11 is 1.27. The molecule has 2 amide bonds. The van der Waals surface area contributed by atoms with Gasteiger partial charge in [0.15, 0.2) is 5.75 Å². The molecule has 0 fully saturated rings. The standard InChI is InChI=1S/C29H31N3O6S2/c1-29(2,3)17-14-21(26(38-5)22(15-17)32-40(6,35)36)31-28(34)25-16-19-20(11-9-13-24(19)39-25)30-27(33)18-10-7-8-12-23(18)37-4/h7-16,32H,1-6H3,(H,30,33)(H,31,34). The van der Waals surface area contributed by atoms with Crippen molar-refractivity contribution in [2.45, 2.75) is 26.2 Å². The van der Waals surface area contributed by atoms with Gasteiger partial charge in [-0.05, 0) is 53.4 Å². The van der Waals surface area contributed by atoms with Gasteiger partial charge in [-0.15, -0.1) is 11.3 Å². The lowest BCUT2D eigenvalue weighted by Crippen LogP contribution is -2.18. The number of carbonyl (C=O) groups is 2. The van der Waals surface area contributed by atoms with E-state index in [0.717, 1.165) is 16.5 Å². The van der Waals surface area contributed by atoms with Crippen molar-refractivity contribution < 1.29 is 27.5 Å². The number of ether oxygens (including phenoxy) is 2. The van der Waals surface area contributed by atoms with Crippen molar-refractivity contribution in [2.24, 2.45) is 0 Å². The van der Waals surface area contributed by atoms with E-state index in [-0.39, 0.29) is 22.8 Å². The van der Waals surface area contributed by atoms with Crippen molar-refractivity contribution in [3.05, 3.63) is 76.7 Å². The van der Waals surface area contributed by atoms with E-state index in [1.165, 1.54) is 25.6 Å². The van der Waals surface area contributed by atoms with Crippen LogP contribution in [-0.2, 0) is 15.4 Å². The first-order valence-electron chi connectivity index (χ1n) is 12.3. The van der Waals surface area contributed by atoms with Gasteiger partial charge in [0.1, 0.15) is 5.75 Å². The largest absolute Gasteiger partial charge is 0.496 e. The summed E-state index contributed by atoms with van der Waals surface area (Å²) in [7, 11) is -0.698. The summed E-state index contributed by atoms with van der Waals surface area (Å²) in [4.78, 5) is 26.9. The summed E-state index contributed by atoms with van der Waals surface area (Å²) in [6, 6.07) is 17.5. The van der Waals surface area contributed by atoms with Crippen LogP contribution in [0.1, 0.15) is 46.4 Å². The number of para-hydroxylation sites is 1. The number of fused-ring (bicyclic) bond motifs is 1. The second kappa shape index (κ2) is 11.2. The fourth-order valence-electron chi connectivity index (χ4n) is 4.14. The van der Waals surface area contributed by atoms with E-state index in [0.29, 0.717) is 33.0 Å². The number of amides is 2. The zero-order valence-electron chi connectivity index (χ0n) is 23.0. The molecule has 0 unspecified atom stereocenters. The number of hydrogen-bond acceptors (Lipinski definition) is 7. The molecular weight excluding hydrogens is 550 g/mol. The Morgan fingerprint density at radius 3 is 2.15 bits per heavy atom. The Kier molecular flexibility index (Phi) is 8.08. The Balaban J connectivity index is 1.68. The Bertz CT molecular complexity index is 1700. The van der Waals surface area contributed by atoms with Crippen molar-refractivity contribution in [1.29, 1.82) is 0 Å².